The molecule has 0 saturated carbocycles. The maximum Gasteiger partial charge on any atom is 0.343 e. The number of esters is 3. The van der Waals surface area contributed by atoms with Crippen LogP contribution in [-0.2, 0) is 0 Å². The average Bonchev–Trinajstić information content (AvgIpc) is 2.98. The topological polar surface area (TPSA) is 107 Å². The van der Waals surface area contributed by atoms with Crippen LogP contribution in [0, 0.1) is 0 Å². The van der Waals surface area contributed by atoms with Crippen LogP contribution in [0.5, 0.6) is 34.5 Å². The molecular formula is C30H24O9. The van der Waals surface area contributed by atoms with Crippen molar-refractivity contribution >= 4 is 17.9 Å². The molecule has 4 rings (SSSR count). The summed E-state index contributed by atoms with van der Waals surface area (Å²) in [4.78, 5) is 38.3. The van der Waals surface area contributed by atoms with Gasteiger partial charge >= 0.3 is 17.9 Å². The Labute approximate surface area is 224 Å². The van der Waals surface area contributed by atoms with Gasteiger partial charge in [-0.2, -0.15) is 0 Å². The van der Waals surface area contributed by atoms with E-state index in [2.05, 4.69) is 0 Å². The van der Waals surface area contributed by atoms with Crippen LogP contribution >= 0.6 is 0 Å². The molecular weight excluding hydrogens is 504 g/mol. The van der Waals surface area contributed by atoms with Gasteiger partial charge in [0.25, 0.3) is 0 Å². The fourth-order valence-electron chi connectivity index (χ4n) is 3.38. The molecule has 0 N–H and O–H groups in total. The Morgan fingerprint density at radius 2 is 0.744 bits per heavy atom. The van der Waals surface area contributed by atoms with Gasteiger partial charge in [-0.1, -0.05) is 0 Å². The Morgan fingerprint density at radius 3 is 1.13 bits per heavy atom. The van der Waals surface area contributed by atoms with Crippen molar-refractivity contribution in [3.8, 4) is 34.5 Å². The summed E-state index contributed by atoms with van der Waals surface area (Å²) in [7, 11) is 4.54. The highest BCUT2D eigenvalue weighted by Gasteiger charge is 2.19. The summed E-state index contributed by atoms with van der Waals surface area (Å²) in [6.45, 7) is 0. The summed E-state index contributed by atoms with van der Waals surface area (Å²) in [6.07, 6.45) is 0. The van der Waals surface area contributed by atoms with Gasteiger partial charge in [0.05, 0.1) is 38.0 Å². The molecule has 0 aliphatic rings. The third-order valence-electron chi connectivity index (χ3n) is 5.51. The first-order valence-electron chi connectivity index (χ1n) is 11.6. The molecule has 0 aliphatic heterocycles. The summed E-state index contributed by atoms with van der Waals surface area (Å²) >= 11 is 0. The lowest BCUT2D eigenvalue weighted by atomic mass is 10.2. The van der Waals surface area contributed by atoms with Crippen LogP contribution in [0.25, 0.3) is 0 Å². The monoisotopic (exact) mass is 528 g/mol. The highest BCUT2D eigenvalue weighted by atomic mass is 16.6. The lowest BCUT2D eigenvalue weighted by Crippen LogP contribution is -2.13. The third-order valence-corrected chi connectivity index (χ3v) is 5.51. The molecule has 0 spiro atoms. The summed E-state index contributed by atoms with van der Waals surface area (Å²) in [5.74, 6) is -0.454. The van der Waals surface area contributed by atoms with E-state index in [1.807, 2.05) is 0 Å². The largest absolute Gasteiger partial charge is 0.497 e. The van der Waals surface area contributed by atoms with Gasteiger partial charge in [-0.25, -0.2) is 14.4 Å². The summed E-state index contributed by atoms with van der Waals surface area (Å²) in [5, 5.41) is 0. The van der Waals surface area contributed by atoms with Gasteiger partial charge < -0.3 is 28.4 Å². The molecule has 4 aromatic carbocycles. The van der Waals surface area contributed by atoms with Gasteiger partial charge in [-0.15, -0.1) is 0 Å². The van der Waals surface area contributed by atoms with E-state index in [9.17, 15) is 14.4 Å². The minimum atomic E-state index is -0.724. The van der Waals surface area contributed by atoms with Crippen molar-refractivity contribution in [3.63, 3.8) is 0 Å². The van der Waals surface area contributed by atoms with Crippen molar-refractivity contribution in [2.75, 3.05) is 21.3 Å². The standard InChI is InChI=1S/C30H24O9/c1-34-22-10-4-19(5-11-22)28(31)37-25-16-17-26(38-29(32)20-6-12-23(35-2)13-7-20)27(18-25)39-30(33)21-8-14-24(36-3)15-9-21/h4-18H,1-3H3. The van der Waals surface area contributed by atoms with Gasteiger partial charge in [0.15, 0.2) is 11.5 Å². The van der Waals surface area contributed by atoms with Crippen LogP contribution in [0.15, 0.2) is 91.0 Å². The van der Waals surface area contributed by atoms with Gasteiger partial charge in [-0.05, 0) is 84.9 Å². The zero-order valence-electron chi connectivity index (χ0n) is 21.3. The van der Waals surface area contributed by atoms with Crippen LogP contribution < -0.4 is 28.4 Å². The Hall–Kier alpha value is -5.31. The predicted molar refractivity (Wildman–Crippen MR) is 140 cm³/mol. The maximum atomic E-state index is 12.9. The highest BCUT2D eigenvalue weighted by Crippen LogP contribution is 2.33. The SMILES string of the molecule is COc1ccc(C(=O)Oc2ccc(OC(=O)c3ccc(OC)cc3)c(OC(=O)c3ccc(OC)cc3)c2)cc1. The summed E-state index contributed by atoms with van der Waals surface area (Å²) in [5.41, 5.74) is 0.754. The molecule has 0 aromatic heterocycles. The quantitative estimate of drug-likeness (QED) is 0.209. The van der Waals surface area contributed by atoms with Crippen LogP contribution in [-0.4, -0.2) is 39.2 Å². The predicted octanol–water partition coefficient (Wildman–Crippen LogP) is 5.37. The molecule has 0 radical (unpaired) electrons. The molecule has 9 nitrogen and oxygen atoms in total. The van der Waals surface area contributed by atoms with E-state index in [0.29, 0.717) is 17.2 Å². The molecule has 0 bridgehead atoms. The first-order chi connectivity index (χ1) is 18.9. The van der Waals surface area contributed by atoms with Crippen molar-refractivity contribution in [3.05, 3.63) is 108 Å². The number of benzene rings is 4. The van der Waals surface area contributed by atoms with E-state index in [1.54, 1.807) is 48.5 Å². The molecule has 0 unspecified atom stereocenters. The zero-order chi connectivity index (χ0) is 27.8. The molecule has 0 heterocycles. The molecule has 0 atom stereocenters. The van der Waals surface area contributed by atoms with Crippen molar-refractivity contribution in [2.24, 2.45) is 0 Å². The minimum Gasteiger partial charge on any atom is -0.497 e. The highest BCUT2D eigenvalue weighted by molar-refractivity contribution is 5.94. The smallest absolute Gasteiger partial charge is 0.343 e. The number of hydrogen-bond donors (Lipinski definition) is 0. The van der Waals surface area contributed by atoms with Gasteiger partial charge in [-0.3, -0.25) is 0 Å². The van der Waals surface area contributed by atoms with Gasteiger partial charge in [0.1, 0.15) is 23.0 Å². The number of ether oxygens (including phenoxy) is 6. The van der Waals surface area contributed by atoms with Crippen LogP contribution in [0.2, 0.25) is 0 Å². The Balaban J connectivity index is 1.59. The average molecular weight is 529 g/mol. The second kappa shape index (κ2) is 12.3. The second-order valence-electron chi connectivity index (χ2n) is 7.96. The van der Waals surface area contributed by atoms with Crippen molar-refractivity contribution in [1.82, 2.24) is 0 Å². The molecule has 0 aliphatic carbocycles. The van der Waals surface area contributed by atoms with Crippen LogP contribution in [0.3, 0.4) is 0 Å². The molecule has 0 amide bonds. The summed E-state index contributed by atoms with van der Waals surface area (Å²) < 4.78 is 31.9. The summed E-state index contributed by atoms with van der Waals surface area (Å²) in [6, 6.07) is 23.0. The number of hydrogen-bond acceptors (Lipinski definition) is 9. The Morgan fingerprint density at radius 1 is 0.410 bits per heavy atom. The van der Waals surface area contributed by atoms with Crippen LogP contribution in [0.4, 0.5) is 0 Å². The van der Waals surface area contributed by atoms with Crippen molar-refractivity contribution in [1.29, 1.82) is 0 Å². The third kappa shape index (κ3) is 6.72. The first-order valence-corrected chi connectivity index (χ1v) is 11.6. The van der Waals surface area contributed by atoms with E-state index >= 15 is 0 Å². The van der Waals surface area contributed by atoms with Gasteiger partial charge in [0.2, 0.25) is 0 Å². The first kappa shape index (κ1) is 26.7. The molecule has 39 heavy (non-hydrogen) atoms. The molecule has 0 fully saturated rings. The van der Waals surface area contributed by atoms with E-state index < -0.39 is 17.9 Å². The molecule has 4 aromatic rings. The van der Waals surface area contributed by atoms with Crippen molar-refractivity contribution < 1.29 is 42.8 Å². The number of rotatable bonds is 9. The molecule has 9 heteroatoms. The zero-order valence-corrected chi connectivity index (χ0v) is 21.3. The second-order valence-corrected chi connectivity index (χ2v) is 7.96. The molecule has 0 saturated heterocycles. The van der Waals surface area contributed by atoms with E-state index in [1.165, 1.54) is 63.8 Å². The lowest BCUT2D eigenvalue weighted by Gasteiger charge is -2.13. The Kier molecular flexibility index (Phi) is 8.43. The number of carbonyl (C=O) groups excluding carboxylic acids is 3. The number of carbonyl (C=O) groups is 3. The maximum absolute atomic E-state index is 12.9. The number of methoxy groups -OCH3 is 3. The van der Waals surface area contributed by atoms with Gasteiger partial charge in [0, 0.05) is 6.07 Å². The van der Waals surface area contributed by atoms with E-state index in [0.717, 1.165) is 0 Å². The minimum absolute atomic E-state index is 0.0538. The fourth-order valence-corrected chi connectivity index (χ4v) is 3.38. The normalized spacial score (nSPS) is 10.2. The molecule has 198 valence electrons. The van der Waals surface area contributed by atoms with E-state index in [4.69, 9.17) is 28.4 Å². The van der Waals surface area contributed by atoms with E-state index in [-0.39, 0.29) is 33.9 Å². The Bertz CT molecular complexity index is 1460. The fraction of sp³-hybridized carbons (Fsp3) is 0.100. The van der Waals surface area contributed by atoms with Crippen molar-refractivity contribution in [2.45, 2.75) is 0 Å². The lowest BCUT2D eigenvalue weighted by molar-refractivity contribution is 0.0679. The van der Waals surface area contributed by atoms with Crippen LogP contribution in [0.1, 0.15) is 31.1 Å².